The van der Waals surface area contributed by atoms with Crippen molar-refractivity contribution < 1.29 is 23.1 Å². The van der Waals surface area contributed by atoms with Gasteiger partial charge in [-0.2, -0.15) is 4.39 Å². The van der Waals surface area contributed by atoms with Crippen molar-refractivity contribution in [1.82, 2.24) is 15.1 Å². The second kappa shape index (κ2) is 13.3. The number of carbonyl (C=O) groups excluding carboxylic acids is 2. The van der Waals surface area contributed by atoms with E-state index < -0.39 is 11.6 Å². The molecule has 1 fully saturated rings. The van der Waals surface area contributed by atoms with Crippen LogP contribution in [0, 0.1) is 11.6 Å². The molecule has 6 nitrogen and oxygen atoms in total. The van der Waals surface area contributed by atoms with Crippen LogP contribution in [0.4, 0.5) is 8.78 Å². The molecule has 0 radical (unpaired) electrons. The van der Waals surface area contributed by atoms with Crippen LogP contribution in [0.5, 0.6) is 5.75 Å². The van der Waals surface area contributed by atoms with Gasteiger partial charge in [-0.05, 0) is 60.1 Å². The third kappa shape index (κ3) is 6.87. The van der Waals surface area contributed by atoms with Crippen molar-refractivity contribution in [3.05, 3.63) is 107 Å². The molecule has 220 valence electrons. The minimum atomic E-state index is -0.968. The molecule has 2 heterocycles. The number of fused-ring (bicyclic) bond motifs is 2. The highest BCUT2D eigenvalue weighted by molar-refractivity contribution is 6.03. The fourth-order valence-corrected chi connectivity index (χ4v) is 5.80. The van der Waals surface area contributed by atoms with Gasteiger partial charge in [0.2, 0.25) is 11.7 Å². The summed E-state index contributed by atoms with van der Waals surface area (Å²) >= 11 is 0. The highest BCUT2D eigenvalue weighted by Gasteiger charge is 2.39. The van der Waals surface area contributed by atoms with Gasteiger partial charge in [0.15, 0.2) is 11.6 Å². The molecule has 2 bridgehead atoms. The topological polar surface area (TPSA) is 61.9 Å². The van der Waals surface area contributed by atoms with Gasteiger partial charge in [-0.1, -0.05) is 60.7 Å². The third-order valence-corrected chi connectivity index (χ3v) is 8.09. The molecule has 2 atom stereocenters. The van der Waals surface area contributed by atoms with Crippen molar-refractivity contribution >= 4 is 17.4 Å². The van der Waals surface area contributed by atoms with Crippen LogP contribution in [0.15, 0.2) is 78.4 Å². The summed E-state index contributed by atoms with van der Waals surface area (Å²) in [5, 5.41) is 3.60. The summed E-state index contributed by atoms with van der Waals surface area (Å²) < 4.78 is 32.7. The zero-order valence-electron chi connectivity index (χ0n) is 24.1. The minimum absolute atomic E-state index is 0.0203. The molecule has 2 amide bonds. The monoisotopic (exact) mass is 573 g/mol. The van der Waals surface area contributed by atoms with Crippen LogP contribution >= 0.6 is 0 Å². The number of amides is 2. The summed E-state index contributed by atoms with van der Waals surface area (Å²) in [7, 11) is 1.84. The highest BCUT2D eigenvalue weighted by Crippen LogP contribution is 2.34. The normalized spacial score (nSPS) is 18.1. The number of nitrogens with one attached hydrogen (secondary N) is 1. The number of hydrogen-bond acceptors (Lipinski definition) is 4. The first-order valence-corrected chi connectivity index (χ1v) is 14.5. The van der Waals surface area contributed by atoms with Gasteiger partial charge in [0.25, 0.3) is 5.91 Å². The lowest BCUT2D eigenvalue weighted by Gasteiger charge is -2.44. The lowest BCUT2D eigenvalue weighted by Crippen LogP contribution is -2.61. The standard InChI is InChI=1S/C34H37F2N3O3/c1-23(40)39-21-27-20-28(32(30(22-39)37-27)34(41)38(2)18-17-24-8-4-3-5-9-24)26-15-13-25(14-16-26)10-7-19-42-31-12-6-11-29(35)33(31)36/h3-6,8-9,11-16,27,30,37H,7,10,17-22H2,1-2H3. The number of likely N-dealkylation sites (N-methyl/N-ethyl adjacent to an activating group) is 1. The first kappa shape index (κ1) is 29.5. The van der Waals surface area contributed by atoms with Crippen LogP contribution in [0.3, 0.4) is 0 Å². The fourth-order valence-electron chi connectivity index (χ4n) is 5.80. The summed E-state index contributed by atoms with van der Waals surface area (Å²) in [6.07, 6.45) is 2.77. The van der Waals surface area contributed by atoms with Crippen LogP contribution in [0.25, 0.3) is 5.57 Å². The highest BCUT2D eigenvalue weighted by atomic mass is 19.2. The van der Waals surface area contributed by atoms with E-state index in [-0.39, 0.29) is 36.3 Å². The molecule has 0 spiro atoms. The average molecular weight is 574 g/mol. The predicted octanol–water partition coefficient (Wildman–Crippen LogP) is 5.02. The molecule has 2 aliphatic heterocycles. The number of ether oxygens (including phenoxy) is 1. The Morgan fingerprint density at radius 2 is 1.69 bits per heavy atom. The third-order valence-electron chi connectivity index (χ3n) is 8.09. The van der Waals surface area contributed by atoms with E-state index in [2.05, 4.69) is 29.6 Å². The number of piperazine rings is 1. The lowest BCUT2D eigenvalue weighted by molar-refractivity contribution is -0.132. The van der Waals surface area contributed by atoms with E-state index in [1.54, 1.807) is 11.8 Å². The number of benzene rings is 3. The summed E-state index contributed by atoms with van der Waals surface area (Å²) in [6, 6.07) is 22.1. The first-order valence-electron chi connectivity index (χ1n) is 14.5. The van der Waals surface area contributed by atoms with Gasteiger partial charge in [-0.3, -0.25) is 9.59 Å². The van der Waals surface area contributed by atoms with E-state index in [9.17, 15) is 18.4 Å². The number of rotatable bonds is 10. The second-order valence-corrected chi connectivity index (χ2v) is 11.1. The molecule has 3 aromatic carbocycles. The van der Waals surface area contributed by atoms with Crippen molar-refractivity contribution in [2.24, 2.45) is 0 Å². The lowest BCUT2D eigenvalue weighted by atomic mass is 9.82. The molecular formula is C34H37F2N3O3. The zero-order valence-corrected chi connectivity index (χ0v) is 24.1. The number of carbonyl (C=O) groups is 2. The van der Waals surface area contributed by atoms with Gasteiger partial charge in [-0.25, -0.2) is 4.39 Å². The van der Waals surface area contributed by atoms with Gasteiger partial charge in [0.05, 0.1) is 12.6 Å². The van der Waals surface area contributed by atoms with E-state index in [4.69, 9.17) is 4.74 Å². The van der Waals surface area contributed by atoms with E-state index in [0.29, 0.717) is 38.9 Å². The van der Waals surface area contributed by atoms with Crippen LogP contribution < -0.4 is 10.1 Å². The summed E-state index contributed by atoms with van der Waals surface area (Å²) in [4.78, 5) is 29.8. The minimum Gasteiger partial charge on any atom is -0.490 e. The largest absolute Gasteiger partial charge is 0.490 e. The van der Waals surface area contributed by atoms with Gasteiger partial charge < -0.3 is 19.9 Å². The molecule has 2 unspecified atom stereocenters. The maximum Gasteiger partial charge on any atom is 0.251 e. The van der Waals surface area contributed by atoms with Crippen LogP contribution in [0.1, 0.15) is 36.5 Å². The Morgan fingerprint density at radius 1 is 0.952 bits per heavy atom. The van der Waals surface area contributed by atoms with Gasteiger partial charge in [-0.15, -0.1) is 0 Å². The Bertz CT molecular complexity index is 1440. The van der Waals surface area contributed by atoms with E-state index in [0.717, 1.165) is 34.8 Å². The fraction of sp³-hybridized carbons (Fsp3) is 0.353. The SMILES string of the molecule is CC(=O)N1CC2CC(c3ccc(CCCOc4cccc(F)c4F)cc3)=C(C(=O)N(C)CCc3ccccc3)C(C1)N2. The molecule has 3 aromatic rings. The molecule has 0 aliphatic carbocycles. The Balaban J connectivity index is 1.30. The predicted molar refractivity (Wildman–Crippen MR) is 159 cm³/mol. The van der Waals surface area contributed by atoms with E-state index >= 15 is 0 Å². The number of aryl methyl sites for hydroxylation is 1. The van der Waals surface area contributed by atoms with Crippen molar-refractivity contribution in [3.8, 4) is 5.75 Å². The van der Waals surface area contributed by atoms with Gasteiger partial charge >= 0.3 is 0 Å². The van der Waals surface area contributed by atoms with E-state index in [1.807, 2.05) is 42.3 Å². The molecule has 0 aromatic heterocycles. The zero-order chi connectivity index (χ0) is 29.6. The first-order chi connectivity index (χ1) is 20.3. The van der Waals surface area contributed by atoms with Gasteiger partial charge in [0.1, 0.15) is 0 Å². The quantitative estimate of drug-likeness (QED) is 0.346. The molecule has 5 rings (SSSR count). The summed E-state index contributed by atoms with van der Waals surface area (Å²) in [5.74, 6) is -1.97. The van der Waals surface area contributed by atoms with Crippen molar-refractivity contribution in [2.75, 3.05) is 33.3 Å². The maximum absolute atomic E-state index is 13.9. The molecule has 8 heteroatoms. The molecule has 0 saturated carbocycles. The molecule has 1 N–H and O–H groups in total. The average Bonchev–Trinajstić information content (AvgIpc) is 3.00. The Hall–Kier alpha value is -4.04. The van der Waals surface area contributed by atoms with Crippen molar-refractivity contribution in [1.29, 1.82) is 0 Å². The second-order valence-electron chi connectivity index (χ2n) is 11.1. The summed E-state index contributed by atoms with van der Waals surface area (Å²) in [5.41, 5.74) is 5.03. The summed E-state index contributed by atoms with van der Waals surface area (Å²) in [6.45, 7) is 3.52. The van der Waals surface area contributed by atoms with Crippen LogP contribution in [-0.4, -0.2) is 67.0 Å². The van der Waals surface area contributed by atoms with E-state index in [1.165, 1.54) is 17.7 Å². The van der Waals surface area contributed by atoms with Crippen LogP contribution in [-0.2, 0) is 22.4 Å². The van der Waals surface area contributed by atoms with Crippen LogP contribution in [0.2, 0.25) is 0 Å². The Kier molecular flexibility index (Phi) is 9.32. The maximum atomic E-state index is 13.9. The van der Waals surface area contributed by atoms with Crippen molar-refractivity contribution in [2.45, 2.75) is 44.7 Å². The Morgan fingerprint density at radius 3 is 2.43 bits per heavy atom. The molecule has 42 heavy (non-hydrogen) atoms. The number of halogens is 2. The number of hydrogen-bond donors (Lipinski definition) is 1. The molecule has 1 saturated heterocycles. The molecule has 2 aliphatic rings. The van der Waals surface area contributed by atoms with Gasteiger partial charge in [0, 0.05) is 45.2 Å². The smallest absolute Gasteiger partial charge is 0.251 e. The number of nitrogens with zero attached hydrogens (tertiary/aromatic N) is 2. The van der Waals surface area contributed by atoms with Crippen molar-refractivity contribution in [3.63, 3.8) is 0 Å². The Labute approximate surface area is 246 Å². The molecular weight excluding hydrogens is 536 g/mol.